The van der Waals surface area contributed by atoms with Crippen LogP contribution in [-0.2, 0) is 0 Å². The Morgan fingerprint density at radius 3 is 2.19 bits per heavy atom. The van der Waals surface area contributed by atoms with E-state index in [2.05, 4.69) is 56.1 Å². The van der Waals surface area contributed by atoms with Gasteiger partial charge < -0.3 is 0 Å². The van der Waals surface area contributed by atoms with Crippen LogP contribution in [0.15, 0.2) is 82.7 Å². The maximum atomic E-state index is 13.2. The number of thioether (sulfide) groups is 1. The number of rotatable bonds is 5. The predicted octanol–water partition coefficient (Wildman–Crippen LogP) is 7.29. The second-order valence-electron chi connectivity index (χ2n) is 6.52. The molecule has 0 aliphatic heterocycles. The van der Waals surface area contributed by atoms with E-state index in [9.17, 15) is 4.39 Å². The maximum Gasteiger partial charge on any atom is 0.123 e. The quantitative estimate of drug-likeness (QED) is 0.337. The van der Waals surface area contributed by atoms with Gasteiger partial charge in [0.25, 0.3) is 0 Å². The molecular formula is C24H22FNS. The van der Waals surface area contributed by atoms with Gasteiger partial charge in [0, 0.05) is 16.0 Å². The van der Waals surface area contributed by atoms with E-state index in [-0.39, 0.29) is 5.82 Å². The number of aliphatic imine (C=N–C) groups is 1. The molecule has 0 spiro atoms. The summed E-state index contributed by atoms with van der Waals surface area (Å²) in [4.78, 5) is 6.61. The van der Waals surface area contributed by atoms with Crippen molar-refractivity contribution in [1.29, 1.82) is 0 Å². The lowest BCUT2D eigenvalue weighted by atomic mass is 10.1. The molecule has 0 saturated carbocycles. The molecule has 0 saturated heterocycles. The molecule has 0 amide bonds. The molecule has 3 aromatic carbocycles. The molecule has 0 N–H and O–H groups in total. The molecule has 0 aliphatic rings. The highest BCUT2D eigenvalue weighted by Crippen LogP contribution is 2.35. The minimum atomic E-state index is -0.225. The van der Waals surface area contributed by atoms with Crippen molar-refractivity contribution in [3.63, 3.8) is 0 Å². The first kappa shape index (κ1) is 19.1. The van der Waals surface area contributed by atoms with Crippen LogP contribution in [0.25, 0.3) is 4.91 Å². The Bertz CT molecular complexity index is 970. The minimum absolute atomic E-state index is 0.225. The molecule has 0 heterocycles. The van der Waals surface area contributed by atoms with Gasteiger partial charge in [0.15, 0.2) is 0 Å². The molecule has 3 heteroatoms. The normalized spacial score (nSPS) is 11.9. The zero-order valence-corrected chi connectivity index (χ0v) is 16.6. The first-order valence-corrected chi connectivity index (χ1v) is 9.65. The molecule has 0 atom stereocenters. The van der Waals surface area contributed by atoms with E-state index in [1.165, 1.54) is 28.8 Å². The number of hydrogen-bond donors (Lipinski definition) is 0. The fourth-order valence-corrected chi connectivity index (χ4v) is 3.71. The molecule has 0 aromatic heterocycles. The van der Waals surface area contributed by atoms with Crippen LogP contribution >= 0.6 is 11.8 Å². The lowest BCUT2D eigenvalue weighted by molar-refractivity contribution is 0.626. The smallest absolute Gasteiger partial charge is 0.123 e. The molecule has 0 bridgehead atoms. The fourth-order valence-electron chi connectivity index (χ4n) is 2.72. The van der Waals surface area contributed by atoms with Gasteiger partial charge in [0.05, 0.1) is 5.69 Å². The summed E-state index contributed by atoms with van der Waals surface area (Å²) < 4.78 is 13.2. The van der Waals surface area contributed by atoms with E-state index in [1.807, 2.05) is 24.4 Å². The summed E-state index contributed by atoms with van der Waals surface area (Å²) in [7, 11) is 0. The monoisotopic (exact) mass is 375 g/mol. The van der Waals surface area contributed by atoms with Gasteiger partial charge in [-0.15, -0.1) is 0 Å². The number of nitrogens with zero attached hydrogens (tertiary/aromatic N) is 1. The van der Waals surface area contributed by atoms with E-state index < -0.39 is 0 Å². The molecule has 0 radical (unpaired) electrons. The van der Waals surface area contributed by atoms with Gasteiger partial charge in [-0.1, -0.05) is 53.2 Å². The van der Waals surface area contributed by atoms with Crippen molar-refractivity contribution in [3.8, 4) is 0 Å². The Balaban J connectivity index is 1.92. The molecule has 0 aliphatic carbocycles. The lowest BCUT2D eigenvalue weighted by Crippen LogP contribution is -1.88. The van der Waals surface area contributed by atoms with Gasteiger partial charge in [-0.05, 0) is 74.4 Å². The first-order valence-electron chi connectivity index (χ1n) is 8.83. The Kier molecular flexibility index (Phi) is 6.25. The molecule has 27 heavy (non-hydrogen) atoms. The van der Waals surface area contributed by atoms with Gasteiger partial charge in [-0.3, -0.25) is 4.99 Å². The van der Waals surface area contributed by atoms with Crippen molar-refractivity contribution in [3.05, 3.63) is 101 Å². The summed E-state index contributed by atoms with van der Waals surface area (Å²) in [6.45, 7) is 6.26. The Morgan fingerprint density at radius 2 is 1.52 bits per heavy atom. The van der Waals surface area contributed by atoms with E-state index >= 15 is 0 Å². The second-order valence-corrected chi connectivity index (χ2v) is 7.63. The maximum absolute atomic E-state index is 13.2. The van der Waals surface area contributed by atoms with Crippen molar-refractivity contribution in [2.45, 2.75) is 25.7 Å². The van der Waals surface area contributed by atoms with Crippen molar-refractivity contribution in [1.82, 2.24) is 0 Å². The molecule has 0 fully saturated rings. The molecular weight excluding hydrogens is 353 g/mol. The SMILES string of the molecule is Cc1ccc(N=CC=C(Sc2ccc(F)cc2)c2ccc(C)cc2C)cc1. The number of allylic oxidation sites excluding steroid dienone is 1. The minimum Gasteiger partial charge on any atom is -0.257 e. The standard InChI is InChI=1S/C24H22FNS/c1-17-4-9-21(10-5-17)26-15-14-24(23-13-6-18(2)16-19(23)3)27-22-11-7-20(25)8-12-22/h4-16H,1-3H3. The summed E-state index contributed by atoms with van der Waals surface area (Å²) in [5.74, 6) is -0.225. The van der Waals surface area contributed by atoms with Gasteiger partial charge in [-0.25, -0.2) is 4.39 Å². The summed E-state index contributed by atoms with van der Waals surface area (Å²) in [6.07, 6.45) is 3.85. The van der Waals surface area contributed by atoms with Crippen molar-refractivity contribution < 1.29 is 4.39 Å². The van der Waals surface area contributed by atoms with Crippen LogP contribution in [0.3, 0.4) is 0 Å². The summed E-state index contributed by atoms with van der Waals surface area (Å²) in [5, 5.41) is 0. The molecule has 0 unspecified atom stereocenters. The largest absolute Gasteiger partial charge is 0.257 e. The Labute approximate surface area is 164 Å². The topological polar surface area (TPSA) is 12.4 Å². The number of aryl methyl sites for hydroxylation is 3. The molecule has 3 aromatic rings. The number of halogens is 1. The van der Waals surface area contributed by atoms with E-state index in [0.717, 1.165) is 21.1 Å². The lowest BCUT2D eigenvalue weighted by Gasteiger charge is -2.11. The molecule has 1 nitrogen and oxygen atoms in total. The fraction of sp³-hybridized carbons (Fsp3) is 0.125. The average Bonchev–Trinajstić information content (AvgIpc) is 2.64. The van der Waals surface area contributed by atoms with Crippen LogP contribution in [-0.4, -0.2) is 6.21 Å². The van der Waals surface area contributed by atoms with E-state index in [0.29, 0.717) is 0 Å². The van der Waals surface area contributed by atoms with Crippen LogP contribution in [0.5, 0.6) is 0 Å². The zero-order valence-electron chi connectivity index (χ0n) is 15.7. The Morgan fingerprint density at radius 1 is 0.852 bits per heavy atom. The molecule has 3 rings (SSSR count). The van der Waals surface area contributed by atoms with E-state index in [4.69, 9.17) is 0 Å². The van der Waals surface area contributed by atoms with Crippen LogP contribution in [0.2, 0.25) is 0 Å². The summed E-state index contributed by atoms with van der Waals surface area (Å²) in [5.41, 5.74) is 5.73. The van der Waals surface area contributed by atoms with Crippen molar-refractivity contribution in [2.75, 3.05) is 0 Å². The second kappa shape index (κ2) is 8.83. The zero-order chi connectivity index (χ0) is 19.2. The summed E-state index contributed by atoms with van der Waals surface area (Å²) >= 11 is 1.61. The van der Waals surface area contributed by atoms with Crippen LogP contribution in [0.4, 0.5) is 10.1 Å². The highest BCUT2D eigenvalue weighted by molar-refractivity contribution is 8.08. The van der Waals surface area contributed by atoms with Crippen molar-refractivity contribution in [2.24, 2.45) is 4.99 Å². The molecule has 136 valence electrons. The highest BCUT2D eigenvalue weighted by Gasteiger charge is 2.07. The van der Waals surface area contributed by atoms with Crippen LogP contribution in [0, 0.1) is 26.6 Å². The third kappa shape index (κ3) is 5.41. The number of benzene rings is 3. The average molecular weight is 376 g/mol. The van der Waals surface area contributed by atoms with Crippen LogP contribution in [0.1, 0.15) is 22.3 Å². The van der Waals surface area contributed by atoms with Gasteiger partial charge >= 0.3 is 0 Å². The predicted molar refractivity (Wildman–Crippen MR) is 115 cm³/mol. The highest BCUT2D eigenvalue weighted by atomic mass is 32.2. The number of hydrogen-bond acceptors (Lipinski definition) is 2. The summed E-state index contributed by atoms with van der Waals surface area (Å²) in [6, 6.07) is 21.1. The van der Waals surface area contributed by atoms with Crippen molar-refractivity contribution >= 4 is 28.6 Å². The third-order valence-corrected chi connectivity index (χ3v) is 5.26. The third-order valence-electron chi connectivity index (χ3n) is 4.17. The van der Waals surface area contributed by atoms with Gasteiger partial charge in [-0.2, -0.15) is 0 Å². The van der Waals surface area contributed by atoms with Gasteiger partial charge in [0.2, 0.25) is 0 Å². The first-order chi connectivity index (χ1) is 13.0. The van der Waals surface area contributed by atoms with Crippen LogP contribution < -0.4 is 0 Å². The Hall–Kier alpha value is -2.65. The van der Waals surface area contributed by atoms with E-state index in [1.54, 1.807) is 23.9 Å². The van der Waals surface area contributed by atoms with Gasteiger partial charge in [0.1, 0.15) is 5.82 Å².